The van der Waals surface area contributed by atoms with Crippen LogP contribution in [0.15, 0.2) is 17.5 Å². The number of piperazine rings is 1. The van der Waals surface area contributed by atoms with Gasteiger partial charge in [0.1, 0.15) is 0 Å². The molecule has 2 N–H and O–H groups in total. The Morgan fingerprint density at radius 3 is 2.35 bits per heavy atom. The van der Waals surface area contributed by atoms with Crippen LogP contribution in [0.25, 0.3) is 0 Å². The molecule has 6 heteroatoms. The minimum absolute atomic E-state index is 0.0760. The first kappa shape index (κ1) is 13.6. The van der Waals surface area contributed by atoms with Crippen molar-refractivity contribution in [1.29, 1.82) is 0 Å². The molecule has 0 aromatic carbocycles. The fourth-order valence-corrected chi connectivity index (χ4v) is 3.35. The third-order valence-electron chi connectivity index (χ3n) is 4.28. The lowest BCUT2D eigenvalue weighted by Crippen LogP contribution is -2.53. The SMILES string of the molecule is NCC1(C(=O)N2CCN(C(=O)c3cccs3)CC2)CC1. The maximum absolute atomic E-state index is 12.4. The van der Waals surface area contributed by atoms with E-state index in [2.05, 4.69) is 0 Å². The van der Waals surface area contributed by atoms with Crippen molar-refractivity contribution in [3.8, 4) is 0 Å². The van der Waals surface area contributed by atoms with Gasteiger partial charge in [0.2, 0.25) is 5.91 Å². The molecule has 108 valence electrons. The highest BCUT2D eigenvalue weighted by Crippen LogP contribution is 2.46. The van der Waals surface area contributed by atoms with Crippen LogP contribution in [0.5, 0.6) is 0 Å². The van der Waals surface area contributed by atoms with Crippen molar-refractivity contribution in [1.82, 2.24) is 9.80 Å². The van der Waals surface area contributed by atoms with E-state index >= 15 is 0 Å². The molecule has 3 rings (SSSR count). The van der Waals surface area contributed by atoms with Crippen molar-refractivity contribution in [3.63, 3.8) is 0 Å². The Hall–Kier alpha value is -1.40. The lowest BCUT2D eigenvalue weighted by atomic mass is 10.1. The quantitative estimate of drug-likeness (QED) is 0.895. The van der Waals surface area contributed by atoms with Crippen LogP contribution in [-0.4, -0.2) is 54.3 Å². The first-order valence-corrected chi connectivity index (χ1v) is 7.86. The number of rotatable bonds is 3. The van der Waals surface area contributed by atoms with Gasteiger partial charge < -0.3 is 15.5 Å². The first-order chi connectivity index (χ1) is 9.66. The predicted octanol–water partition coefficient (Wildman–Crippen LogP) is 0.771. The van der Waals surface area contributed by atoms with E-state index in [4.69, 9.17) is 5.73 Å². The van der Waals surface area contributed by atoms with E-state index in [1.807, 2.05) is 27.3 Å². The number of carbonyl (C=O) groups is 2. The third kappa shape index (κ3) is 2.33. The molecule has 1 saturated carbocycles. The van der Waals surface area contributed by atoms with E-state index < -0.39 is 0 Å². The second kappa shape index (κ2) is 5.18. The molecule has 2 amide bonds. The first-order valence-electron chi connectivity index (χ1n) is 6.98. The number of hydrogen-bond acceptors (Lipinski definition) is 4. The van der Waals surface area contributed by atoms with Crippen molar-refractivity contribution in [3.05, 3.63) is 22.4 Å². The Morgan fingerprint density at radius 2 is 1.85 bits per heavy atom. The standard InChI is InChI=1S/C14H19N3O2S/c15-10-14(3-4-14)13(19)17-7-5-16(6-8-17)12(18)11-2-1-9-20-11/h1-2,9H,3-8,10,15H2. The molecular weight excluding hydrogens is 274 g/mol. The van der Waals surface area contributed by atoms with E-state index in [1.54, 1.807) is 0 Å². The van der Waals surface area contributed by atoms with Crippen molar-refractivity contribution in [2.45, 2.75) is 12.8 Å². The summed E-state index contributed by atoms with van der Waals surface area (Å²) in [4.78, 5) is 29.1. The Morgan fingerprint density at radius 1 is 1.20 bits per heavy atom. The fourth-order valence-electron chi connectivity index (χ4n) is 2.66. The molecule has 2 heterocycles. The summed E-state index contributed by atoms with van der Waals surface area (Å²) in [6, 6.07) is 3.73. The number of thiophene rings is 1. The Kier molecular flexibility index (Phi) is 3.52. The Labute approximate surface area is 122 Å². The number of carbonyl (C=O) groups excluding carboxylic acids is 2. The molecule has 2 aliphatic rings. The maximum atomic E-state index is 12.4. The topological polar surface area (TPSA) is 66.6 Å². The summed E-state index contributed by atoms with van der Waals surface area (Å²) in [6.45, 7) is 2.92. The predicted molar refractivity (Wildman–Crippen MR) is 77.5 cm³/mol. The number of nitrogens with zero attached hydrogens (tertiary/aromatic N) is 2. The van der Waals surface area contributed by atoms with E-state index in [0.29, 0.717) is 32.7 Å². The number of hydrogen-bond donors (Lipinski definition) is 1. The zero-order valence-corrected chi connectivity index (χ0v) is 12.2. The summed E-state index contributed by atoms with van der Waals surface area (Å²) >= 11 is 1.46. The molecule has 1 aromatic rings. The second-order valence-electron chi connectivity index (χ2n) is 5.55. The molecule has 1 saturated heterocycles. The summed E-state index contributed by atoms with van der Waals surface area (Å²) in [5.74, 6) is 0.260. The van der Waals surface area contributed by atoms with Gasteiger partial charge in [-0.25, -0.2) is 0 Å². The molecule has 0 spiro atoms. The van der Waals surface area contributed by atoms with Crippen LogP contribution in [0, 0.1) is 5.41 Å². The van der Waals surface area contributed by atoms with Gasteiger partial charge in [0.25, 0.3) is 5.91 Å². The average Bonchev–Trinajstić information content (AvgIpc) is 3.11. The van der Waals surface area contributed by atoms with E-state index in [1.165, 1.54) is 11.3 Å². The van der Waals surface area contributed by atoms with E-state index in [-0.39, 0.29) is 17.2 Å². The third-order valence-corrected chi connectivity index (χ3v) is 5.14. The molecule has 1 aliphatic carbocycles. The molecular formula is C14H19N3O2S. The van der Waals surface area contributed by atoms with E-state index in [9.17, 15) is 9.59 Å². The molecule has 1 aliphatic heterocycles. The van der Waals surface area contributed by atoms with Crippen LogP contribution in [0.1, 0.15) is 22.5 Å². The van der Waals surface area contributed by atoms with Gasteiger partial charge in [0, 0.05) is 32.7 Å². The summed E-state index contributed by atoms with van der Waals surface area (Å²) in [5, 5.41) is 1.91. The van der Waals surface area contributed by atoms with Gasteiger partial charge in [0.15, 0.2) is 0 Å². The molecule has 1 aromatic heterocycles. The van der Waals surface area contributed by atoms with Crippen LogP contribution in [0.2, 0.25) is 0 Å². The van der Waals surface area contributed by atoms with Crippen molar-refractivity contribution >= 4 is 23.2 Å². The summed E-state index contributed by atoms with van der Waals surface area (Å²) < 4.78 is 0. The molecule has 0 radical (unpaired) electrons. The highest BCUT2D eigenvalue weighted by atomic mass is 32.1. The number of nitrogens with two attached hydrogens (primary N) is 1. The molecule has 0 atom stereocenters. The Bertz CT molecular complexity index is 502. The van der Waals surface area contributed by atoms with Crippen LogP contribution < -0.4 is 5.73 Å². The van der Waals surface area contributed by atoms with E-state index in [0.717, 1.165) is 17.7 Å². The van der Waals surface area contributed by atoms with Gasteiger partial charge >= 0.3 is 0 Å². The van der Waals surface area contributed by atoms with Gasteiger partial charge in [-0.3, -0.25) is 9.59 Å². The monoisotopic (exact) mass is 293 g/mol. The van der Waals surface area contributed by atoms with Gasteiger partial charge in [-0.2, -0.15) is 0 Å². The lowest BCUT2D eigenvalue weighted by Gasteiger charge is -2.36. The van der Waals surface area contributed by atoms with Crippen LogP contribution in [-0.2, 0) is 4.79 Å². The smallest absolute Gasteiger partial charge is 0.264 e. The fraction of sp³-hybridized carbons (Fsp3) is 0.571. The van der Waals surface area contributed by atoms with Crippen molar-refractivity contribution < 1.29 is 9.59 Å². The van der Waals surface area contributed by atoms with Crippen LogP contribution >= 0.6 is 11.3 Å². The van der Waals surface area contributed by atoms with Gasteiger partial charge in [-0.1, -0.05) is 6.07 Å². The highest BCUT2D eigenvalue weighted by molar-refractivity contribution is 7.12. The number of amides is 2. The highest BCUT2D eigenvalue weighted by Gasteiger charge is 2.50. The largest absolute Gasteiger partial charge is 0.339 e. The molecule has 20 heavy (non-hydrogen) atoms. The summed E-state index contributed by atoms with van der Waals surface area (Å²) in [5.41, 5.74) is 5.43. The molecule has 5 nitrogen and oxygen atoms in total. The van der Waals surface area contributed by atoms with Gasteiger partial charge in [-0.15, -0.1) is 11.3 Å². The zero-order valence-electron chi connectivity index (χ0n) is 11.4. The van der Waals surface area contributed by atoms with Crippen LogP contribution in [0.4, 0.5) is 0 Å². The normalized spacial score (nSPS) is 20.9. The minimum Gasteiger partial charge on any atom is -0.339 e. The van der Waals surface area contributed by atoms with Crippen LogP contribution in [0.3, 0.4) is 0 Å². The minimum atomic E-state index is -0.278. The zero-order chi connectivity index (χ0) is 14.2. The van der Waals surface area contributed by atoms with Crippen molar-refractivity contribution in [2.75, 3.05) is 32.7 Å². The summed E-state index contributed by atoms with van der Waals surface area (Å²) in [6.07, 6.45) is 1.83. The molecule has 2 fully saturated rings. The Balaban J connectivity index is 1.57. The average molecular weight is 293 g/mol. The summed E-state index contributed by atoms with van der Waals surface area (Å²) in [7, 11) is 0. The second-order valence-corrected chi connectivity index (χ2v) is 6.49. The molecule has 0 unspecified atom stereocenters. The van der Waals surface area contributed by atoms with Crippen molar-refractivity contribution in [2.24, 2.45) is 11.1 Å². The molecule has 0 bridgehead atoms. The maximum Gasteiger partial charge on any atom is 0.264 e. The van der Waals surface area contributed by atoms with Gasteiger partial charge in [0.05, 0.1) is 10.3 Å². The van der Waals surface area contributed by atoms with Gasteiger partial charge in [-0.05, 0) is 24.3 Å². The lowest BCUT2D eigenvalue weighted by molar-refractivity contribution is -0.138.